The number of hydrogen-bond donors (Lipinski definition) is 3. The minimum Gasteiger partial charge on any atom is -0.384 e. The van der Waals surface area contributed by atoms with Crippen molar-refractivity contribution in [3.05, 3.63) is 77.1 Å². The number of unbranched alkanes of at least 4 members (excludes halogenated alkanes) is 1. The summed E-state index contributed by atoms with van der Waals surface area (Å²) in [6.45, 7) is 5.19. The highest BCUT2D eigenvalue weighted by atomic mass is 35.5. The van der Waals surface area contributed by atoms with E-state index >= 15 is 0 Å². The van der Waals surface area contributed by atoms with Crippen molar-refractivity contribution in [3.8, 4) is 0 Å². The topological polar surface area (TPSA) is 95.1 Å². The Bertz CT molecular complexity index is 1430. The number of hydrogen-bond acceptors (Lipinski definition) is 8. The summed E-state index contributed by atoms with van der Waals surface area (Å²) >= 11 is 7.98. The molecule has 3 heterocycles. The first-order valence-corrected chi connectivity index (χ1v) is 14.7. The summed E-state index contributed by atoms with van der Waals surface area (Å²) in [4.78, 5) is 28.2. The van der Waals surface area contributed by atoms with Crippen LogP contribution in [0.1, 0.15) is 28.9 Å². The van der Waals surface area contributed by atoms with Crippen molar-refractivity contribution in [2.45, 2.75) is 19.8 Å². The number of amides is 1. The molecule has 0 spiro atoms. The van der Waals surface area contributed by atoms with E-state index in [9.17, 15) is 4.79 Å². The van der Waals surface area contributed by atoms with Crippen LogP contribution < -0.4 is 16.0 Å². The number of aryl methyl sites for hydroxylation is 1. The summed E-state index contributed by atoms with van der Waals surface area (Å²) in [5.41, 5.74) is 4.41. The molecule has 0 saturated carbocycles. The number of anilines is 4. The molecule has 4 aromatic rings. The van der Waals surface area contributed by atoms with Gasteiger partial charge >= 0.3 is 0 Å². The van der Waals surface area contributed by atoms with Crippen molar-refractivity contribution in [1.29, 1.82) is 0 Å². The third kappa shape index (κ3) is 7.30. The van der Waals surface area contributed by atoms with Crippen LogP contribution in [-0.2, 0) is 0 Å². The fraction of sp³-hybridized carbons (Fsp3) is 0.310. The molecule has 2 aromatic heterocycles. The van der Waals surface area contributed by atoms with Crippen molar-refractivity contribution in [2.24, 2.45) is 0 Å². The Hall–Kier alpha value is -3.56. The first-order valence-electron chi connectivity index (χ1n) is 13.2. The number of carbonyl (C=O) groups excluding carboxylic acids is 1. The van der Waals surface area contributed by atoms with E-state index in [4.69, 9.17) is 11.6 Å². The SMILES string of the molecule is Cc1cc(Nc2ccc(C(=O)N3CCSCC3)cc2)nc(NCCCCNc2ccnc3cc(Cl)ccc23)n1. The Morgan fingerprint density at radius 3 is 2.54 bits per heavy atom. The van der Waals surface area contributed by atoms with E-state index in [1.54, 1.807) is 6.20 Å². The second kappa shape index (κ2) is 13.0. The minimum atomic E-state index is 0.0976. The summed E-state index contributed by atoms with van der Waals surface area (Å²) in [5.74, 6) is 3.41. The molecule has 5 rings (SSSR count). The fourth-order valence-electron chi connectivity index (χ4n) is 4.45. The van der Waals surface area contributed by atoms with E-state index in [1.807, 2.05) is 78.2 Å². The van der Waals surface area contributed by atoms with Gasteiger partial charge in [-0.3, -0.25) is 9.78 Å². The van der Waals surface area contributed by atoms with Crippen LogP contribution in [0.25, 0.3) is 10.9 Å². The Morgan fingerprint density at radius 1 is 0.974 bits per heavy atom. The number of aromatic nitrogens is 3. The number of thioether (sulfide) groups is 1. The van der Waals surface area contributed by atoms with Crippen LogP contribution in [0.5, 0.6) is 0 Å². The molecule has 0 unspecified atom stereocenters. The molecule has 1 amide bonds. The summed E-state index contributed by atoms with van der Waals surface area (Å²) < 4.78 is 0. The van der Waals surface area contributed by atoms with E-state index in [0.29, 0.717) is 22.4 Å². The van der Waals surface area contributed by atoms with Crippen molar-refractivity contribution in [3.63, 3.8) is 0 Å². The molecule has 0 bridgehead atoms. The Kier molecular flexibility index (Phi) is 9.00. The van der Waals surface area contributed by atoms with Gasteiger partial charge in [-0.25, -0.2) is 4.98 Å². The first kappa shape index (κ1) is 27.0. The molecule has 0 radical (unpaired) electrons. The molecular weight excluding hydrogens is 530 g/mol. The van der Waals surface area contributed by atoms with Gasteiger partial charge in [-0.05, 0) is 68.3 Å². The van der Waals surface area contributed by atoms with Crippen LogP contribution in [0.3, 0.4) is 0 Å². The van der Waals surface area contributed by atoms with Crippen LogP contribution in [0.15, 0.2) is 60.8 Å². The Balaban J connectivity index is 1.09. The highest BCUT2D eigenvalue weighted by molar-refractivity contribution is 7.99. The maximum absolute atomic E-state index is 12.7. The molecule has 1 fully saturated rings. The van der Waals surface area contributed by atoms with Gasteiger partial charge in [-0.2, -0.15) is 16.7 Å². The average molecular weight is 562 g/mol. The van der Waals surface area contributed by atoms with Crippen LogP contribution in [0.2, 0.25) is 5.02 Å². The van der Waals surface area contributed by atoms with E-state index in [0.717, 1.165) is 78.5 Å². The molecule has 10 heteroatoms. The number of rotatable bonds is 10. The predicted octanol–water partition coefficient (Wildman–Crippen LogP) is 6.22. The Labute approximate surface area is 238 Å². The first-order chi connectivity index (χ1) is 19.0. The van der Waals surface area contributed by atoms with Gasteiger partial charge in [0.2, 0.25) is 5.95 Å². The Morgan fingerprint density at radius 2 is 1.74 bits per heavy atom. The summed E-state index contributed by atoms with van der Waals surface area (Å²) in [5, 5.41) is 11.9. The van der Waals surface area contributed by atoms with Crippen LogP contribution >= 0.6 is 23.4 Å². The molecule has 3 N–H and O–H groups in total. The number of nitrogens with zero attached hydrogens (tertiary/aromatic N) is 4. The molecule has 202 valence electrons. The lowest BCUT2D eigenvalue weighted by Crippen LogP contribution is -2.37. The van der Waals surface area contributed by atoms with Crippen LogP contribution in [0, 0.1) is 6.92 Å². The molecule has 1 aliphatic heterocycles. The molecule has 0 atom stereocenters. The lowest BCUT2D eigenvalue weighted by molar-refractivity contribution is 0.0772. The largest absolute Gasteiger partial charge is 0.384 e. The lowest BCUT2D eigenvalue weighted by atomic mass is 10.1. The number of carbonyl (C=O) groups is 1. The molecule has 8 nitrogen and oxygen atoms in total. The van der Waals surface area contributed by atoms with Gasteiger partial charge in [0.05, 0.1) is 5.52 Å². The minimum absolute atomic E-state index is 0.0976. The van der Waals surface area contributed by atoms with Crippen LogP contribution in [-0.4, -0.2) is 63.4 Å². The molecule has 1 aliphatic rings. The van der Waals surface area contributed by atoms with E-state index in [2.05, 4.69) is 30.9 Å². The van der Waals surface area contributed by atoms with Crippen molar-refractivity contribution in [2.75, 3.05) is 53.6 Å². The summed E-state index contributed by atoms with van der Waals surface area (Å²) in [6, 6.07) is 17.2. The van der Waals surface area contributed by atoms with E-state index in [-0.39, 0.29) is 5.91 Å². The van der Waals surface area contributed by atoms with Gasteiger partial charge in [-0.1, -0.05) is 11.6 Å². The van der Waals surface area contributed by atoms with Gasteiger partial charge in [0, 0.05) is 83.0 Å². The predicted molar refractivity (Wildman–Crippen MR) is 163 cm³/mol. The molecule has 0 aliphatic carbocycles. The van der Waals surface area contributed by atoms with Gasteiger partial charge < -0.3 is 20.9 Å². The highest BCUT2D eigenvalue weighted by Crippen LogP contribution is 2.24. The highest BCUT2D eigenvalue weighted by Gasteiger charge is 2.18. The number of halogens is 1. The monoisotopic (exact) mass is 561 g/mol. The van der Waals surface area contributed by atoms with E-state index in [1.165, 1.54) is 0 Å². The number of nitrogens with one attached hydrogen (secondary N) is 3. The quantitative estimate of drug-likeness (QED) is 0.196. The zero-order valence-electron chi connectivity index (χ0n) is 21.9. The van der Waals surface area contributed by atoms with Crippen molar-refractivity contribution in [1.82, 2.24) is 19.9 Å². The molecular formula is C29H32ClN7OS. The lowest BCUT2D eigenvalue weighted by Gasteiger charge is -2.26. The van der Waals surface area contributed by atoms with Crippen LogP contribution in [0.4, 0.5) is 23.1 Å². The number of benzene rings is 2. The average Bonchev–Trinajstić information content (AvgIpc) is 2.95. The second-order valence-corrected chi connectivity index (χ2v) is 11.1. The number of pyridine rings is 1. The summed E-state index contributed by atoms with van der Waals surface area (Å²) in [6.07, 6.45) is 3.75. The van der Waals surface area contributed by atoms with E-state index < -0.39 is 0 Å². The molecule has 39 heavy (non-hydrogen) atoms. The number of fused-ring (bicyclic) bond motifs is 1. The summed E-state index contributed by atoms with van der Waals surface area (Å²) in [7, 11) is 0. The fourth-order valence-corrected chi connectivity index (χ4v) is 5.52. The third-order valence-electron chi connectivity index (χ3n) is 6.46. The molecule has 1 saturated heterocycles. The van der Waals surface area contributed by atoms with Gasteiger partial charge in [-0.15, -0.1) is 0 Å². The van der Waals surface area contributed by atoms with Gasteiger partial charge in [0.15, 0.2) is 0 Å². The van der Waals surface area contributed by atoms with Gasteiger partial charge in [0.25, 0.3) is 5.91 Å². The van der Waals surface area contributed by atoms with Crippen molar-refractivity contribution >= 4 is 63.3 Å². The van der Waals surface area contributed by atoms with Crippen molar-refractivity contribution < 1.29 is 4.79 Å². The zero-order valence-corrected chi connectivity index (χ0v) is 23.5. The standard InChI is InChI=1S/C29H32ClN7OS/c1-20-18-27(35-23-7-4-21(5-8-23)28(38)37-14-16-39-17-15-37)36-29(34-20)33-12-3-2-11-31-25-10-13-32-26-19-22(30)6-9-24(25)26/h4-10,13,18-19H,2-3,11-12,14-17H2,1H3,(H,31,32)(H2,33,34,35,36). The smallest absolute Gasteiger partial charge is 0.253 e. The second-order valence-electron chi connectivity index (χ2n) is 9.41. The van der Waals surface area contributed by atoms with Gasteiger partial charge in [0.1, 0.15) is 5.82 Å². The third-order valence-corrected chi connectivity index (χ3v) is 7.64. The maximum Gasteiger partial charge on any atom is 0.253 e. The maximum atomic E-state index is 12.7. The normalized spacial score (nSPS) is 13.3. The zero-order chi connectivity index (χ0) is 27.0. The molecule has 2 aromatic carbocycles.